The standard InChI is InChI=1S/C17H24N2OS/c20-17(12-6-7-12)18-13-9-14-3-1-4-15(10-13)19(14)11-16-5-2-8-21-16/h2,5,8,12-15H,1,3-4,6-7,9-11H2,(H,18,20)/t14-,15-/m1/s1. The number of nitrogens with one attached hydrogen (secondary N) is 1. The Bertz CT molecular complexity index is 483. The van der Waals surface area contributed by atoms with E-state index in [1.165, 1.54) is 24.1 Å². The maximum Gasteiger partial charge on any atom is 0.223 e. The van der Waals surface area contributed by atoms with Gasteiger partial charge >= 0.3 is 0 Å². The van der Waals surface area contributed by atoms with Crippen molar-refractivity contribution in [3.8, 4) is 0 Å². The minimum absolute atomic E-state index is 0.324. The van der Waals surface area contributed by atoms with Gasteiger partial charge in [0, 0.05) is 35.5 Å². The molecule has 114 valence electrons. The second-order valence-corrected chi connectivity index (χ2v) is 7.97. The smallest absolute Gasteiger partial charge is 0.223 e. The Kier molecular flexibility index (Phi) is 3.76. The average Bonchev–Trinajstić information content (AvgIpc) is 3.18. The number of carbonyl (C=O) groups excluding carboxylic acids is 1. The maximum atomic E-state index is 12.0. The zero-order valence-electron chi connectivity index (χ0n) is 12.5. The third-order valence-electron chi connectivity index (χ3n) is 5.34. The normalized spacial score (nSPS) is 32.9. The molecule has 1 aromatic heterocycles. The highest BCUT2D eigenvalue weighted by molar-refractivity contribution is 7.09. The lowest BCUT2D eigenvalue weighted by atomic mass is 9.81. The van der Waals surface area contributed by atoms with Crippen molar-refractivity contribution >= 4 is 17.2 Å². The van der Waals surface area contributed by atoms with Crippen molar-refractivity contribution in [1.29, 1.82) is 0 Å². The van der Waals surface area contributed by atoms with Gasteiger partial charge in [0.1, 0.15) is 0 Å². The first-order valence-corrected chi connectivity index (χ1v) is 9.26. The van der Waals surface area contributed by atoms with Crippen LogP contribution in [0.5, 0.6) is 0 Å². The SMILES string of the molecule is O=C(NC1C[C@H]2CCC[C@H](C1)N2Cc1cccs1)C1CC1. The summed E-state index contributed by atoms with van der Waals surface area (Å²) in [4.78, 5) is 16.2. The van der Waals surface area contributed by atoms with Gasteiger partial charge in [0.15, 0.2) is 0 Å². The predicted molar refractivity (Wildman–Crippen MR) is 85.2 cm³/mol. The molecule has 4 heteroatoms. The summed E-state index contributed by atoms with van der Waals surface area (Å²) in [5, 5.41) is 5.50. The van der Waals surface area contributed by atoms with Gasteiger partial charge in [-0.15, -0.1) is 11.3 Å². The molecule has 0 unspecified atom stereocenters. The van der Waals surface area contributed by atoms with Crippen molar-refractivity contribution in [3.05, 3.63) is 22.4 Å². The number of rotatable bonds is 4. The second kappa shape index (κ2) is 5.73. The number of thiophene rings is 1. The molecule has 21 heavy (non-hydrogen) atoms. The van der Waals surface area contributed by atoms with Gasteiger partial charge in [0.25, 0.3) is 0 Å². The summed E-state index contributed by atoms with van der Waals surface area (Å²) in [6, 6.07) is 6.17. The summed E-state index contributed by atoms with van der Waals surface area (Å²) >= 11 is 1.87. The van der Waals surface area contributed by atoms with Gasteiger partial charge < -0.3 is 5.32 Å². The van der Waals surface area contributed by atoms with Gasteiger partial charge in [-0.1, -0.05) is 12.5 Å². The van der Waals surface area contributed by atoms with E-state index >= 15 is 0 Å². The molecule has 0 spiro atoms. The number of carbonyl (C=O) groups is 1. The van der Waals surface area contributed by atoms with Crippen LogP contribution in [-0.2, 0) is 11.3 Å². The summed E-state index contributed by atoms with van der Waals surface area (Å²) in [7, 11) is 0. The van der Waals surface area contributed by atoms with E-state index in [4.69, 9.17) is 0 Å². The van der Waals surface area contributed by atoms with Crippen LogP contribution in [0, 0.1) is 5.92 Å². The fourth-order valence-electron chi connectivity index (χ4n) is 4.10. The molecule has 1 N–H and O–H groups in total. The quantitative estimate of drug-likeness (QED) is 0.926. The molecular weight excluding hydrogens is 280 g/mol. The number of piperidine rings is 2. The third kappa shape index (κ3) is 3.02. The van der Waals surface area contributed by atoms with E-state index in [2.05, 4.69) is 27.7 Å². The van der Waals surface area contributed by atoms with Crippen LogP contribution in [0.2, 0.25) is 0 Å². The lowest BCUT2D eigenvalue weighted by Crippen LogP contribution is -2.56. The Morgan fingerprint density at radius 1 is 1.24 bits per heavy atom. The van der Waals surface area contributed by atoms with Gasteiger partial charge in [-0.2, -0.15) is 0 Å². The highest BCUT2D eigenvalue weighted by Crippen LogP contribution is 2.36. The summed E-state index contributed by atoms with van der Waals surface area (Å²) in [6.07, 6.45) is 8.49. The summed E-state index contributed by atoms with van der Waals surface area (Å²) in [6.45, 7) is 1.11. The Labute approximate surface area is 130 Å². The van der Waals surface area contributed by atoms with Crippen LogP contribution >= 0.6 is 11.3 Å². The van der Waals surface area contributed by atoms with E-state index in [0.717, 1.165) is 32.2 Å². The zero-order valence-corrected chi connectivity index (χ0v) is 13.3. The van der Waals surface area contributed by atoms with Crippen LogP contribution in [0.4, 0.5) is 0 Å². The zero-order chi connectivity index (χ0) is 14.2. The van der Waals surface area contributed by atoms with E-state index in [1.807, 2.05) is 11.3 Å². The molecule has 3 fully saturated rings. The molecule has 2 atom stereocenters. The molecule has 2 bridgehead atoms. The first-order chi connectivity index (χ1) is 10.3. The molecule has 0 radical (unpaired) electrons. The van der Waals surface area contributed by atoms with Crippen LogP contribution in [0.1, 0.15) is 49.8 Å². The fraction of sp³-hybridized carbons (Fsp3) is 0.706. The Morgan fingerprint density at radius 3 is 2.62 bits per heavy atom. The molecule has 3 aliphatic rings. The molecule has 1 amide bonds. The van der Waals surface area contributed by atoms with Gasteiger partial charge in [-0.3, -0.25) is 9.69 Å². The molecule has 4 rings (SSSR count). The van der Waals surface area contributed by atoms with Crippen molar-refractivity contribution in [3.63, 3.8) is 0 Å². The molecule has 3 nitrogen and oxygen atoms in total. The van der Waals surface area contributed by atoms with E-state index in [0.29, 0.717) is 30.0 Å². The van der Waals surface area contributed by atoms with Gasteiger partial charge in [0.05, 0.1) is 0 Å². The minimum Gasteiger partial charge on any atom is -0.353 e. The molecule has 1 saturated carbocycles. The number of fused-ring (bicyclic) bond motifs is 2. The van der Waals surface area contributed by atoms with Crippen molar-refractivity contribution in [2.45, 2.75) is 69.6 Å². The average molecular weight is 304 g/mol. The van der Waals surface area contributed by atoms with Crippen LogP contribution < -0.4 is 5.32 Å². The lowest BCUT2D eigenvalue weighted by molar-refractivity contribution is -0.123. The first kappa shape index (κ1) is 13.8. The lowest BCUT2D eigenvalue weighted by Gasteiger charge is -2.49. The van der Waals surface area contributed by atoms with Crippen LogP contribution in [0.15, 0.2) is 17.5 Å². The van der Waals surface area contributed by atoms with Crippen molar-refractivity contribution < 1.29 is 4.79 Å². The number of hydrogen-bond acceptors (Lipinski definition) is 3. The molecule has 2 saturated heterocycles. The number of nitrogens with zero attached hydrogens (tertiary/aromatic N) is 1. The van der Waals surface area contributed by atoms with Crippen molar-refractivity contribution in [2.24, 2.45) is 5.92 Å². The Balaban J connectivity index is 1.41. The molecule has 3 heterocycles. The summed E-state index contributed by atoms with van der Waals surface area (Å²) < 4.78 is 0. The largest absolute Gasteiger partial charge is 0.353 e. The second-order valence-electron chi connectivity index (χ2n) is 6.94. The number of amides is 1. The van der Waals surface area contributed by atoms with E-state index < -0.39 is 0 Å². The fourth-order valence-corrected chi connectivity index (χ4v) is 4.81. The van der Waals surface area contributed by atoms with Gasteiger partial charge in [-0.25, -0.2) is 0 Å². The summed E-state index contributed by atoms with van der Waals surface area (Å²) in [5.74, 6) is 0.666. The Hall–Kier alpha value is -0.870. The van der Waals surface area contributed by atoms with Crippen LogP contribution in [0.3, 0.4) is 0 Å². The molecule has 2 aliphatic heterocycles. The highest BCUT2D eigenvalue weighted by atomic mass is 32.1. The maximum absolute atomic E-state index is 12.0. The predicted octanol–water partition coefficient (Wildman–Crippen LogP) is 3.16. The van der Waals surface area contributed by atoms with E-state index in [9.17, 15) is 4.79 Å². The molecule has 1 aromatic rings. The highest BCUT2D eigenvalue weighted by Gasteiger charge is 2.40. The number of hydrogen-bond donors (Lipinski definition) is 1. The van der Waals surface area contributed by atoms with E-state index in [1.54, 1.807) is 0 Å². The van der Waals surface area contributed by atoms with Gasteiger partial charge in [-0.05, 0) is 50.0 Å². The minimum atomic E-state index is 0.324. The van der Waals surface area contributed by atoms with Crippen LogP contribution in [0.25, 0.3) is 0 Å². The van der Waals surface area contributed by atoms with E-state index in [-0.39, 0.29) is 0 Å². The van der Waals surface area contributed by atoms with Crippen LogP contribution in [-0.4, -0.2) is 28.9 Å². The summed E-state index contributed by atoms with van der Waals surface area (Å²) in [5.41, 5.74) is 0. The molecule has 0 aromatic carbocycles. The topological polar surface area (TPSA) is 32.3 Å². The third-order valence-corrected chi connectivity index (χ3v) is 6.20. The molecular formula is C17H24N2OS. The van der Waals surface area contributed by atoms with Crippen molar-refractivity contribution in [1.82, 2.24) is 10.2 Å². The monoisotopic (exact) mass is 304 g/mol. The van der Waals surface area contributed by atoms with Crippen molar-refractivity contribution in [2.75, 3.05) is 0 Å². The Morgan fingerprint density at radius 2 is 2.00 bits per heavy atom. The molecule has 1 aliphatic carbocycles. The van der Waals surface area contributed by atoms with Gasteiger partial charge in [0.2, 0.25) is 5.91 Å². The first-order valence-electron chi connectivity index (χ1n) is 8.38.